The summed E-state index contributed by atoms with van der Waals surface area (Å²) in [4.78, 5) is 29.8. The molecule has 2 heterocycles. The Balaban J connectivity index is 1.55. The molecule has 0 atom stereocenters. The van der Waals surface area contributed by atoms with Crippen LogP contribution in [0.5, 0.6) is 5.75 Å². The number of nitrogens with zero attached hydrogens (tertiary/aromatic N) is 4. The third kappa shape index (κ3) is 3.55. The Labute approximate surface area is 169 Å². The molecule has 7 nitrogen and oxygen atoms in total. The van der Waals surface area contributed by atoms with E-state index >= 15 is 0 Å². The number of ether oxygens (including phenoxy) is 1. The maximum absolute atomic E-state index is 13.2. The van der Waals surface area contributed by atoms with Crippen molar-refractivity contribution in [2.45, 2.75) is 13.5 Å². The molecule has 0 spiro atoms. The zero-order valence-electron chi connectivity index (χ0n) is 16.7. The number of carbonyl (C=O) groups is 1. The van der Waals surface area contributed by atoms with Crippen molar-refractivity contribution in [2.75, 3.05) is 38.2 Å². The lowest BCUT2D eigenvalue weighted by atomic mass is 10.1. The van der Waals surface area contributed by atoms with Crippen LogP contribution in [0.15, 0.2) is 53.3 Å². The van der Waals surface area contributed by atoms with Gasteiger partial charge in [-0.25, -0.2) is 4.68 Å². The van der Waals surface area contributed by atoms with Gasteiger partial charge >= 0.3 is 0 Å². The van der Waals surface area contributed by atoms with Gasteiger partial charge in [0.1, 0.15) is 5.75 Å². The second kappa shape index (κ2) is 7.95. The van der Waals surface area contributed by atoms with E-state index in [1.807, 2.05) is 48.2 Å². The highest BCUT2D eigenvalue weighted by atomic mass is 16.5. The number of piperazine rings is 1. The summed E-state index contributed by atoms with van der Waals surface area (Å²) in [5.41, 5.74) is 1.30. The molecule has 1 saturated heterocycles. The van der Waals surface area contributed by atoms with E-state index in [0.717, 1.165) is 24.5 Å². The number of hydrogen-bond donors (Lipinski definition) is 0. The van der Waals surface area contributed by atoms with Crippen LogP contribution in [-0.2, 0) is 6.54 Å². The van der Waals surface area contributed by atoms with E-state index in [4.69, 9.17) is 4.74 Å². The minimum absolute atomic E-state index is 0.127. The molecular weight excluding hydrogens is 368 g/mol. The van der Waals surface area contributed by atoms with Gasteiger partial charge in [-0.15, -0.1) is 0 Å². The van der Waals surface area contributed by atoms with Crippen molar-refractivity contribution >= 4 is 22.4 Å². The van der Waals surface area contributed by atoms with Gasteiger partial charge in [0.05, 0.1) is 12.5 Å². The normalized spacial score (nSPS) is 14.3. The highest BCUT2D eigenvalue weighted by molar-refractivity contribution is 6.04. The van der Waals surface area contributed by atoms with Crippen LogP contribution in [-0.4, -0.2) is 53.9 Å². The molecule has 1 aliphatic heterocycles. The number of methoxy groups -OCH3 is 1. The highest BCUT2D eigenvalue weighted by Gasteiger charge is 2.25. The Bertz CT molecular complexity index is 1080. The predicted molar refractivity (Wildman–Crippen MR) is 113 cm³/mol. The lowest BCUT2D eigenvalue weighted by Crippen LogP contribution is -2.49. The fraction of sp³-hybridized carbons (Fsp3) is 0.318. The van der Waals surface area contributed by atoms with Gasteiger partial charge in [-0.1, -0.05) is 18.2 Å². The summed E-state index contributed by atoms with van der Waals surface area (Å²) >= 11 is 0. The SMILES string of the molecule is CCn1nc(C(=O)N2CCN(c3ccc(OC)cc3)CC2)c2ccccc2c1=O. The zero-order valence-corrected chi connectivity index (χ0v) is 16.7. The summed E-state index contributed by atoms with van der Waals surface area (Å²) in [6.45, 7) is 4.96. The zero-order chi connectivity index (χ0) is 20.4. The van der Waals surface area contributed by atoms with Crippen molar-refractivity contribution in [3.8, 4) is 5.75 Å². The maximum atomic E-state index is 13.2. The monoisotopic (exact) mass is 392 g/mol. The number of aromatic nitrogens is 2. The molecule has 0 unspecified atom stereocenters. The fourth-order valence-corrected chi connectivity index (χ4v) is 3.72. The van der Waals surface area contributed by atoms with Crippen molar-refractivity contribution in [1.82, 2.24) is 14.7 Å². The number of rotatable bonds is 4. The average molecular weight is 392 g/mol. The minimum Gasteiger partial charge on any atom is -0.497 e. The van der Waals surface area contributed by atoms with E-state index < -0.39 is 0 Å². The van der Waals surface area contributed by atoms with E-state index in [1.54, 1.807) is 19.2 Å². The number of fused-ring (bicyclic) bond motifs is 1. The standard InChI is InChI=1S/C22H24N4O3/c1-3-26-21(27)19-7-5-4-6-18(19)20(23-26)22(28)25-14-12-24(13-15-25)16-8-10-17(29-2)11-9-16/h4-11H,3,12-15H2,1-2H3. The van der Waals surface area contributed by atoms with Crippen LogP contribution >= 0.6 is 0 Å². The van der Waals surface area contributed by atoms with Crippen LogP contribution in [0.3, 0.4) is 0 Å². The van der Waals surface area contributed by atoms with Gasteiger partial charge < -0.3 is 14.5 Å². The average Bonchev–Trinajstić information content (AvgIpc) is 2.79. The van der Waals surface area contributed by atoms with Gasteiger partial charge in [-0.05, 0) is 37.3 Å². The second-order valence-corrected chi connectivity index (χ2v) is 6.99. The Morgan fingerprint density at radius 2 is 1.66 bits per heavy atom. The van der Waals surface area contributed by atoms with Crippen LogP contribution in [0.1, 0.15) is 17.4 Å². The van der Waals surface area contributed by atoms with Crippen LogP contribution in [0.2, 0.25) is 0 Å². The van der Waals surface area contributed by atoms with Crippen LogP contribution in [0.4, 0.5) is 5.69 Å². The number of anilines is 1. The van der Waals surface area contributed by atoms with E-state index in [-0.39, 0.29) is 11.5 Å². The van der Waals surface area contributed by atoms with Gasteiger partial charge in [-0.3, -0.25) is 9.59 Å². The molecule has 4 rings (SSSR count). The minimum atomic E-state index is -0.163. The summed E-state index contributed by atoms with van der Waals surface area (Å²) < 4.78 is 6.58. The van der Waals surface area contributed by atoms with E-state index in [9.17, 15) is 9.59 Å². The second-order valence-electron chi connectivity index (χ2n) is 6.99. The van der Waals surface area contributed by atoms with Crippen molar-refractivity contribution in [3.63, 3.8) is 0 Å². The first-order valence-electron chi connectivity index (χ1n) is 9.80. The van der Waals surface area contributed by atoms with Gasteiger partial charge in [0.15, 0.2) is 5.69 Å². The molecule has 1 amide bonds. The van der Waals surface area contributed by atoms with Crippen molar-refractivity contribution in [1.29, 1.82) is 0 Å². The number of carbonyl (C=O) groups excluding carboxylic acids is 1. The number of aryl methyl sites for hydroxylation is 1. The third-order valence-electron chi connectivity index (χ3n) is 5.37. The summed E-state index contributed by atoms with van der Waals surface area (Å²) in [6, 6.07) is 15.1. The molecule has 3 aromatic rings. The van der Waals surface area contributed by atoms with E-state index in [0.29, 0.717) is 36.1 Å². The van der Waals surface area contributed by atoms with Crippen LogP contribution < -0.4 is 15.2 Å². The first kappa shape index (κ1) is 19.0. The Morgan fingerprint density at radius 3 is 2.28 bits per heavy atom. The fourth-order valence-electron chi connectivity index (χ4n) is 3.72. The van der Waals surface area contributed by atoms with Gasteiger partial charge in [0.25, 0.3) is 11.5 Å². The number of hydrogen-bond acceptors (Lipinski definition) is 5. The van der Waals surface area contributed by atoms with E-state index in [1.165, 1.54) is 4.68 Å². The summed E-state index contributed by atoms with van der Waals surface area (Å²) in [7, 11) is 1.65. The molecule has 1 aromatic heterocycles. The smallest absolute Gasteiger partial charge is 0.275 e. The van der Waals surface area contributed by atoms with Gasteiger partial charge in [-0.2, -0.15) is 5.10 Å². The quantitative estimate of drug-likeness (QED) is 0.682. The Kier molecular flexibility index (Phi) is 5.20. The largest absolute Gasteiger partial charge is 0.497 e. The molecule has 0 saturated carbocycles. The lowest BCUT2D eigenvalue weighted by Gasteiger charge is -2.36. The van der Waals surface area contributed by atoms with Crippen LogP contribution in [0, 0.1) is 0 Å². The topological polar surface area (TPSA) is 67.7 Å². The molecule has 0 N–H and O–H groups in total. The molecule has 7 heteroatoms. The first-order chi connectivity index (χ1) is 14.1. The first-order valence-corrected chi connectivity index (χ1v) is 9.80. The van der Waals surface area contributed by atoms with Crippen molar-refractivity contribution < 1.29 is 9.53 Å². The van der Waals surface area contributed by atoms with Crippen molar-refractivity contribution in [3.05, 3.63) is 64.6 Å². The van der Waals surface area contributed by atoms with Gasteiger partial charge in [0.2, 0.25) is 0 Å². The van der Waals surface area contributed by atoms with Crippen LogP contribution in [0.25, 0.3) is 10.8 Å². The Morgan fingerprint density at radius 1 is 1.00 bits per heavy atom. The highest BCUT2D eigenvalue weighted by Crippen LogP contribution is 2.22. The predicted octanol–water partition coefficient (Wildman–Crippen LogP) is 2.39. The summed E-state index contributed by atoms with van der Waals surface area (Å²) in [5.74, 6) is 0.698. The molecule has 0 aliphatic carbocycles. The molecule has 150 valence electrons. The number of amides is 1. The Hall–Kier alpha value is -3.35. The van der Waals surface area contributed by atoms with E-state index in [2.05, 4.69) is 10.00 Å². The van der Waals surface area contributed by atoms with Gasteiger partial charge in [0, 0.05) is 43.8 Å². The molecule has 1 fully saturated rings. The maximum Gasteiger partial charge on any atom is 0.275 e. The molecule has 0 radical (unpaired) electrons. The molecule has 2 aromatic carbocycles. The van der Waals surface area contributed by atoms with Crippen molar-refractivity contribution in [2.24, 2.45) is 0 Å². The lowest BCUT2D eigenvalue weighted by molar-refractivity contribution is 0.0740. The number of benzene rings is 2. The third-order valence-corrected chi connectivity index (χ3v) is 5.37. The summed E-state index contributed by atoms with van der Waals surface area (Å²) in [5, 5.41) is 5.52. The summed E-state index contributed by atoms with van der Waals surface area (Å²) in [6.07, 6.45) is 0. The molecule has 0 bridgehead atoms. The molecule has 1 aliphatic rings. The molecule has 29 heavy (non-hydrogen) atoms. The molecular formula is C22H24N4O3.